The molecule has 2 amide bonds. The summed E-state index contributed by atoms with van der Waals surface area (Å²) in [5.74, 6) is -1.58. The van der Waals surface area contributed by atoms with E-state index in [1.807, 2.05) is 0 Å². The van der Waals surface area contributed by atoms with Crippen molar-refractivity contribution in [2.45, 2.75) is 31.1 Å². The molecule has 10 nitrogen and oxygen atoms in total. The maximum Gasteiger partial charge on any atom is 0.276 e. The molecule has 1 atom stereocenters. The Balaban J connectivity index is 2.11. The Morgan fingerprint density at radius 3 is 2.47 bits per heavy atom. The van der Waals surface area contributed by atoms with E-state index in [-0.39, 0.29) is 45.5 Å². The Kier molecular flexibility index (Phi) is 5.60. The van der Waals surface area contributed by atoms with Gasteiger partial charge < -0.3 is 19.7 Å². The summed E-state index contributed by atoms with van der Waals surface area (Å²) < 4.78 is 44.2. The highest BCUT2D eigenvalue weighted by atomic mass is 32.2. The number of nitrogens with two attached hydrogens (primary N) is 1. The number of hydrogen-bond donors (Lipinski definition) is 1. The molecule has 3 aromatic rings. The highest BCUT2D eigenvalue weighted by Crippen LogP contribution is 2.51. The van der Waals surface area contributed by atoms with Crippen molar-refractivity contribution in [1.82, 2.24) is 5.16 Å². The number of primary amides is 1. The summed E-state index contributed by atoms with van der Waals surface area (Å²) in [6.07, 6.45) is 0. The first-order valence-corrected chi connectivity index (χ1v) is 11.8. The first-order chi connectivity index (χ1) is 16.1. The van der Waals surface area contributed by atoms with Crippen LogP contribution in [-0.4, -0.2) is 39.1 Å². The largest absolute Gasteiger partial charge is 0.497 e. The van der Waals surface area contributed by atoms with Crippen molar-refractivity contribution in [2.75, 3.05) is 18.0 Å². The van der Waals surface area contributed by atoms with Crippen molar-refractivity contribution >= 4 is 27.5 Å². The van der Waals surface area contributed by atoms with E-state index in [4.69, 9.17) is 19.7 Å². The first-order valence-electron chi connectivity index (χ1n) is 10.4. The quantitative estimate of drug-likeness (QED) is 0.502. The molecule has 1 aliphatic heterocycles. The molecule has 0 fully saturated rings. The number of benzene rings is 2. The molecule has 1 aromatic heterocycles. The lowest BCUT2D eigenvalue weighted by Crippen LogP contribution is -2.51. The van der Waals surface area contributed by atoms with Crippen molar-refractivity contribution in [3.05, 3.63) is 65.0 Å². The fourth-order valence-electron chi connectivity index (χ4n) is 4.36. The van der Waals surface area contributed by atoms with E-state index >= 15 is 0 Å². The molecule has 0 saturated carbocycles. The van der Waals surface area contributed by atoms with Crippen LogP contribution in [0.15, 0.2) is 51.9 Å². The summed E-state index contributed by atoms with van der Waals surface area (Å²) in [5, 5.41) is 3.71. The Morgan fingerprint density at radius 1 is 1.18 bits per heavy atom. The molecule has 0 aliphatic carbocycles. The monoisotopic (exact) mass is 485 g/mol. The predicted octanol–water partition coefficient (Wildman–Crippen LogP) is 2.21. The van der Waals surface area contributed by atoms with Crippen LogP contribution >= 0.6 is 0 Å². The lowest BCUT2D eigenvalue weighted by Gasteiger charge is -2.27. The molecule has 4 rings (SSSR count). The van der Waals surface area contributed by atoms with Gasteiger partial charge in [0.2, 0.25) is 5.91 Å². The van der Waals surface area contributed by atoms with Gasteiger partial charge >= 0.3 is 0 Å². The van der Waals surface area contributed by atoms with Gasteiger partial charge in [0, 0.05) is 11.1 Å². The second kappa shape index (κ2) is 8.17. The number of fused-ring (bicyclic) bond motifs is 1. The smallest absolute Gasteiger partial charge is 0.276 e. The Morgan fingerprint density at radius 2 is 1.88 bits per heavy atom. The lowest BCUT2D eigenvalue weighted by molar-refractivity contribution is -0.131. The molecule has 2 N–H and O–H groups in total. The minimum absolute atomic E-state index is 0.00616. The van der Waals surface area contributed by atoms with E-state index < -0.39 is 27.3 Å². The molecule has 2 aromatic carbocycles. The van der Waals surface area contributed by atoms with Crippen molar-refractivity contribution in [3.8, 4) is 11.5 Å². The van der Waals surface area contributed by atoms with Crippen LogP contribution in [0.25, 0.3) is 0 Å². The molecule has 178 valence electrons. The molecule has 0 radical (unpaired) electrons. The summed E-state index contributed by atoms with van der Waals surface area (Å²) in [6.45, 7) is 4.86. The van der Waals surface area contributed by atoms with E-state index in [1.54, 1.807) is 25.1 Å². The number of sulfonamides is 1. The molecular weight excluding hydrogens is 462 g/mol. The number of aromatic nitrogens is 1. The number of nitrogens with zero attached hydrogens (tertiary/aromatic N) is 2. The normalized spacial score (nSPS) is 17.5. The van der Waals surface area contributed by atoms with Crippen molar-refractivity contribution < 1.29 is 32.0 Å². The number of aryl methyl sites for hydroxylation is 2. The van der Waals surface area contributed by atoms with Gasteiger partial charge in [0.25, 0.3) is 15.9 Å². The number of rotatable bonds is 7. The summed E-state index contributed by atoms with van der Waals surface area (Å²) in [7, 11) is -3.12. The zero-order chi connectivity index (χ0) is 24.8. The van der Waals surface area contributed by atoms with Crippen LogP contribution in [0.4, 0.5) is 5.69 Å². The second-order valence-corrected chi connectivity index (χ2v) is 9.38. The Bertz CT molecular complexity index is 1390. The average Bonchev–Trinajstić information content (AvgIpc) is 3.28. The summed E-state index contributed by atoms with van der Waals surface area (Å²) in [5.41, 5.74) is 3.94. The first kappa shape index (κ1) is 23.3. The van der Waals surface area contributed by atoms with Gasteiger partial charge in [0.1, 0.15) is 17.2 Å². The van der Waals surface area contributed by atoms with Gasteiger partial charge in [-0.1, -0.05) is 23.4 Å². The van der Waals surface area contributed by atoms with E-state index in [1.165, 1.54) is 45.2 Å². The zero-order valence-corrected chi connectivity index (χ0v) is 19.8. The standard InChI is InChI=1S/C23H23N3O7S/c1-5-32-19-9-7-6-8-16(19)23(21(24)27)17-12-15(31-4)10-11-18(17)26(22(23)28)34(29,30)20-13(2)25-33-14(20)3/h6-12H,5H2,1-4H3,(H2,24,27). The lowest BCUT2D eigenvalue weighted by atomic mass is 9.74. The van der Waals surface area contributed by atoms with Crippen LogP contribution in [-0.2, 0) is 25.0 Å². The molecule has 0 spiro atoms. The van der Waals surface area contributed by atoms with Gasteiger partial charge in [0.05, 0.1) is 19.4 Å². The number of carbonyl (C=O) groups is 2. The maximum atomic E-state index is 14.1. The minimum atomic E-state index is -4.54. The number of ether oxygens (including phenoxy) is 2. The van der Waals surface area contributed by atoms with Gasteiger partial charge in [-0.05, 0) is 45.0 Å². The molecule has 0 saturated heterocycles. The Hall–Kier alpha value is -3.86. The van der Waals surface area contributed by atoms with Gasteiger partial charge in [-0.3, -0.25) is 9.59 Å². The van der Waals surface area contributed by atoms with Crippen LogP contribution in [0, 0.1) is 13.8 Å². The highest BCUT2D eigenvalue weighted by Gasteiger charge is 2.61. The molecular formula is C23H23N3O7S. The van der Waals surface area contributed by atoms with Crippen LogP contribution in [0.1, 0.15) is 29.5 Å². The molecule has 34 heavy (non-hydrogen) atoms. The van der Waals surface area contributed by atoms with Crippen LogP contribution < -0.4 is 19.5 Å². The number of amides is 2. The Labute approximate surface area is 196 Å². The second-order valence-electron chi connectivity index (χ2n) is 7.65. The van der Waals surface area contributed by atoms with E-state index in [9.17, 15) is 18.0 Å². The molecule has 1 unspecified atom stereocenters. The number of anilines is 1. The summed E-state index contributed by atoms with van der Waals surface area (Å²) >= 11 is 0. The molecule has 1 aliphatic rings. The average molecular weight is 486 g/mol. The predicted molar refractivity (Wildman–Crippen MR) is 121 cm³/mol. The fraction of sp³-hybridized carbons (Fsp3) is 0.261. The molecule has 0 bridgehead atoms. The number of carbonyl (C=O) groups excluding carboxylic acids is 2. The topological polar surface area (TPSA) is 142 Å². The number of hydrogen-bond acceptors (Lipinski definition) is 8. The third-order valence-corrected chi connectivity index (χ3v) is 7.70. The highest BCUT2D eigenvalue weighted by molar-refractivity contribution is 7.93. The van der Waals surface area contributed by atoms with E-state index in [2.05, 4.69) is 5.16 Å². The van der Waals surface area contributed by atoms with Gasteiger partial charge in [-0.2, -0.15) is 0 Å². The summed E-state index contributed by atoms with van der Waals surface area (Å²) in [6, 6.07) is 10.7. The third kappa shape index (κ3) is 3.07. The van der Waals surface area contributed by atoms with E-state index in [0.29, 0.717) is 10.1 Å². The third-order valence-electron chi connectivity index (χ3n) is 5.76. The van der Waals surface area contributed by atoms with Crippen molar-refractivity contribution in [3.63, 3.8) is 0 Å². The maximum absolute atomic E-state index is 14.1. The van der Waals surface area contributed by atoms with Gasteiger partial charge in [-0.25, -0.2) is 12.7 Å². The van der Waals surface area contributed by atoms with Gasteiger partial charge in [0.15, 0.2) is 16.1 Å². The van der Waals surface area contributed by atoms with Crippen LogP contribution in [0.3, 0.4) is 0 Å². The van der Waals surface area contributed by atoms with E-state index in [0.717, 1.165) is 0 Å². The SMILES string of the molecule is CCOc1ccccc1C1(C(N)=O)C(=O)N(S(=O)(=O)c2c(C)noc2C)c2ccc(OC)cc21. The summed E-state index contributed by atoms with van der Waals surface area (Å²) in [4.78, 5) is 27.1. The molecule has 2 heterocycles. The fourth-order valence-corrected chi connectivity index (χ4v) is 6.13. The van der Waals surface area contributed by atoms with Crippen LogP contribution in [0.5, 0.6) is 11.5 Å². The number of para-hydroxylation sites is 1. The van der Waals surface area contributed by atoms with Crippen LogP contribution in [0.2, 0.25) is 0 Å². The number of methoxy groups -OCH3 is 1. The van der Waals surface area contributed by atoms with Crippen molar-refractivity contribution in [1.29, 1.82) is 0 Å². The zero-order valence-electron chi connectivity index (χ0n) is 19.0. The van der Waals surface area contributed by atoms with Gasteiger partial charge in [-0.15, -0.1) is 0 Å². The molecule has 11 heteroatoms. The minimum Gasteiger partial charge on any atom is -0.497 e. The van der Waals surface area contributed by atoms with Crippen molar-refractivity contribution in [2.24, 2.45) is 5.73 Å².